The Labute approximate surface area is 84.8 Å². The second-order valence-electron chi connectivity index (χ2n) is 2.91. The second-order valence-corrected chi connectivity index (χ2v) is 3.77. The number of nitrogen functional groups attached to an aromatic ring is 1. The molecule has 0 saturated heterocycles. The summed E-state index contributed by atoms with van der Waals surface area (Å²) in [5.74, 6) is 0.532. The summed E-state index contributed by atoms with van der Waals surface area (Å²) in [6.45, 7) is 2.07. The van der Waals surface area contributed by atoms with E-state index >= 15 is 0 Å². The quantitative estimate of drug-likeness (QED) is 0.830. The lowest BCUT2D eigenvalue weighted by Crippen LogP contribution is -1.87. The Balaban J connectivity index is 2.88. The van der Waals surface area contributed by atoms with Crippen LogP contribution in [0.1, 0.15) is 12.5 Å². The van der Waals surface area contributed by atoms with Gasteiger partial charge >= 0.3 is 0 Å². The number of benzene rings is 1. The highest BCUT2D eigenvalue weighted by Gasteiger charge is 2.11. The average molecular weight is 240 g/mol. The standard InChI is InChI=1S/C10H10BrNO/c1-2-6-9-7(11)4-3-5-8(9)13-10(6)12/h3-5H,2,12H2,1H3. The Kier molecular flexibility index (Phi) is 2.04. The molecule has 0 saturated carbocycles. The molecule has 0 amide bonds. The maximum atomic E-state index is 5.75. The van der Waals surface area contributed by atoms with E-state index in [9.17, 15) is 0 Å². The van der Waals surface area contributed by atoms with Crippen LogP contribution in [0.2, 0.25) is 0 Å². The van der Waals surface area contributed by atoms with Crippen LogP contribution < -0.4 is 5.73 Å². The minimum atomic E-state index is 0.532. The smallest absolute Gasteiger partial charge is 0.194 e. The van der Waals surface area contributed by atoms with Crippen molar-refractivity contribution in [3.63, 3.8) is 0 Å². The molecule has 1 heterocycles. The molecule has 0 unspecified atom stereocenters. The molecule has 0 atom stereocenters. The number of fused-ring (bicyclic) bond motifs is 1. The van der Waals surface area contributed by atoms with Gasteiger partial charge in [-0.1, -0.05) is 28.9 Å². The number of aryl methyl sites for hydroxylation is 1. The zero-order valence-corrected chi connectivity index (χ0v) is 8.89. The van der Waals surface area contributed by atoms with Crippen molar-refractivity contribution in [2.24, 2.45) is 0 Å². The van der Waals surface area contributed by atoms with E-state index in [-0.39, 0.29) is 0 Å². The number of furan rings is 1. The Bertz CT molecular complexity index is 447. The van der Waals surface area contributed by atoms with Crippen LogP contribution in [-0.2, 0) is 6.42 Å². The van der Waals surface area contributed by atoms with E-state index < -0.39 is 0 Å². The van der Waals surface area contributed by atoms with Crippen molar-refractivity contribution < 1.29 is 4.42 Å². The predicted octanol–water partition coefficient (Wildman–Crippen LogP) is 3.34. The Morgan fingerprint density at radius 3 is 2.92 bits per heavy atom. The zero-order valence-electron chi connectivity index (χ0n) is 7.30. The topological polar surface area (TPSA) is 39.2 Å². The van der Waals surface area contributed by atoms with Gasteiger partial charge < -0.3 is 10.2 Å². The van der Waals surface area contributed by atoms with Crippen molar-refractivity contribution in [3.8, 4) is 0 Å². The number of anilines is 1. The van der Waals surface area contributed by atoms with Gasteiger partial charge in [0.15, 0.2) is 5.88 Å². The Hall–Kier alpha value is -0.960. The molecular formula is C10H10BrNO. The summed E-state index contributed by atoms with van der Waals surface area (Å²) in [6.07, 6.45) is 0.890. The third-order valence-electron chi connectivity index (χ3n) is 2.15. The Morgan fingerprint density at radius 1 is 1.46 bits per heavy atom. The van der Waals surface area contributed by atoms with E-state index in [2.05, 4.69) is 22.9 Å². The molecule has 0 spiro atoms. The lowest BCUT2D eigenvalue weighted by Gasteiger charge is -1.95. The summed E-state index contributed by atoms with van der Waals surface area (Å²) < 4.78 is 6.46. The number of nitrogens with two attached hydrogens (primary N) is 1. The van der Waals surface area contributed by atoms with Crippen molar-refractivity contribution in [1.82, 2.24) is 0 Å². The monoisotopic (exact) mass is 239 g/mol. The third-order valence-corrected chi connectivity index (χ3v) is 2.81. The van der Waals surface area contributed by atoms with Crippen LogP contribution in [0.5, 0.6) is 0 Å². The largest absolute Gasteiger partial charge is 0.441 e. The fourth-order valence-corrected chi connectivity index (χ4v) is 2.12. The van der Waals surface area contributed by atoms with Gasteiger partial charge in [-0.15, -0.1) is 0 Å². The number of hydrogen-bond donors (Lipinski definition) is 1. The number of rotatable bonds is 1. The highest BCUT2D eigenvalue weighted by atomic mass is 79.9. The van der Waals surface area contributed by atoms with E-state index in [1.807, 2.05) is 18.2 Å². The molecular weight excluding hydrogens is 230 g/mol. The third kappa shape index (κ3) is 1.23. The molecule has 0 fully saturated rings. The SMILES string of the molecule is CCc1c(N)oc2cccc(Br)c12. The van der Waals surface area contributed by atoms with E-state index in [0.717, 1.165) is 27.4 Å². The molecule has 2 aromatic rings. The minimum Gasteiger partial charge on any atom is -0.441 e. The lowest BCUT2D eigenvalue weighted by atomic mass is 10.1. The molecule has 2 rings (SSSR count). The zero-order chi connectivity index (χ0) is 9.42. The first kappa shape index (κ1) is 8.63. The second kappa shape index (κ2) is 3.07. The van der Waals surface area contributed by atoms with Gasteiger partial charge in [0.25, 0.3) is 0 Å². The van der Waals surface area contributed by atoms with Crippen molar-refractivity contribution in [1.29, 1.82) is 0 Å². The molecule has 0 aliphatic heterocycles. The van der Waals surface area contributed by atoms with Crippen molar-refractivity contribution in [2.75, 3.05) is 5.73 Å². The summed E-state index contributed by atoms with van der Waals surface area (Å²) in [5, 5.41) is 1.10. The van der Waals surface area contributed by atoms with Crippen LogP contribution in [0.15, 0.2) is 27.1 Å². The number of halogens is 1. The van der Waals surface area contributed by atoms with Crippen LogP contribution in [0.4, 0.5) is 5.88 Å². The van der Waals surface area contributed by atoms with Crippen LogP contribution in [0.25, 0.3) is 11.0 Å². The van der Waals surface area contributed by atoms with Crippen molar-refractivity contribution in [2.45, 2.75) is 13.3 Å². The normalized spacial score (nSPS) is 10.9. The molecule has 0 bridgehead atoms. The molecule has 2 N–H and O–H groups in total. The summed E-state index contributed by atoms with van der Waals surface area (Å²) in [6, 6.07) is 5.86. The van der Waals surface area contributed by atoms with Crippen molar-refractivity contribution in [3.05, 3.63) is 28.2 Å². The van der Waals surface area contributed by atoms with Crippen LogP contribution in [-0.4, -0.2) is 0 Å². The van der Waals surface area contributed by atoms with E-state index in [4.69, 9.17) is 10.2 Å². The lowest BCUT2D eigenvalue weighted by molar-refractivity contribution is 0.633. The summed E-state index contributed by atoms with van der Waals surface area (Å²) in [4.78, 5) is 0. The van der Waals surface area contributed by atoms with Gasteiger partial charge in [-0.3, -0.25) is 0 Å². The summed E-state index contributed by atoms with van der Waals surface area (Å²) in [5.41, 5.74) is 7.68. The van der Waals surface area contributed by atoms with Gasteiger partial charge in [-0.2, -0.15) is 0 Å². The molecule has 13 heavy (non-hydrogen) atoms. The molecule has 0 radical (unpaired) electrons. The van der Waals surface area contributed by atoms with Crippen molar-refractivity contribution >= 4 is 32.8 Å². The van der Waals surface area contributed by atoms with E-state index in [1.165, 1.54) is 0 Å². The molecule has 3 heteroatoms. The van der Waals surface area contributed by atoms with Crippen LogP contribution in [0, 0.1) is 0 Å². The van der Waals surface area contributed by atoms with Gasteiger partial charge in [0, 0.05) is 15.4 Å². The van der Waals surface area contributed by atoms with Gasteiger partial charge in [-0.05, 0) is 18.6 Å². The maximum absolute atomic E-state index is 5.75. The highest BCUT2D eigenvalue weighted by Crippen LogP contribution is 2.33. The van der Waals surface area contributed by atoms with E-state index in [1.54, 1.807) is 0 Å². The van der Waals surface area contributed by atoms with Gasteiger partial charge in [-0.25, -0.2) is 0 Å². The predicted molar refractivity (Wildman–Crippen MR) is 57.7 cm³/mol. The van der Waals surface area contributed by atoms with Gasteiger partial charge in [0.1, 0.15) is 5.58 Å². The van der Waals surface area contributed by atoms with Gasteiger partial charge in [0.05, 0.1) is 0 Å². The first-order valence-corrected chi connectivity index (χ1v) is 4.98. The molecule has 0 aliphatic rings. The minimum absolute atomic E-state index is 0.532. The fourth-order valence-electron chi connectivity index (χ4n) is 1.54. The molecule has 2 nitrogen and oxygen atoms in total. The summed E-state index contributed by atoms with van der Waals surface area (Å²) >= 11 is 3.49. The molecule has 0 aliphatic carbocycles. The van der Waals surface area contributed by atoms with Crippen LogP contribution in [0.3, 0.4) is 0 Å². The van der Waals surface area contributed by atoms with E-state index in [0.29, 0.717) is 5.88 Å². The molecule has 1 aromatic carbocycles. The van der Waals surface area contributed by atoms with Crippen LogP contribution >= 0.6 is 15.9 Å². The summed E-state index contributed by atoms with van der Waals surface area (Å²) in [7, 11) is 0. The number of hydrogen-bond acceptors (Lipinski definition) is 2. The first-order chi connectivity index (χ1) is 6.24. The first-order valence-electron chi connectivity index (χ1n) is 4.19. The molecule has 68 valence electrons. The maximum Gasteiger partial charge on any atom is 0.194 e. The average Bonchev–Trinajstić information content (AvgIpc) is 2.42. The fraction of sp³-hybridized carbons (Fsp3) is 0.200. The molecule has 1 aromatic heterocycles. The highest BCUT2D eigenvalue weighted by molar-refractivity contribution is 9.10. The Morgan fingerprint density at radius 2 is 2.23 bits per heavy atom. The van der Waals surface area contributed by atoms with Gasteiger partial charge in [0.2, 0.25) is 0 Å².